The summed E-state index contributed by atoms with van der Waals surface area (Å²) >= 11 is 1.40. The summed E-state index contributed by atoms with van der Waals surface area (Å²) < 4.78 is 18.3. The highest BCUT2D eigenvalue weighted by atomic mass is 32.2. The summed E-state index contributed by atoms with van der Waals surface area (Å²) in [6, 6.07) is 0. The second-order valence-corrected chi connectivity index (χ2v) is 12.0. The van der Waals surface area contributed by atoms with E-state index in [1.807, 2.05) is 13.8 Å². The first-order valence-electron chi connectivity index (χ1n) is 12.4. The molecule has 12 heteroatoms. The normalized spacial score (nSPS) is 13.3. The molecule has 1 radical (unpaired) electrons. The first-order valence-corrected chi connectivity index (χ1v) is 13.4. The van der Waals surface area contributed by atoms with Crippen LogP contribution in [0.1, 0.15) is 64.1 Å². The Labute approximate surface area is 231 Å². The van der Waals surface area contributed by atoms with Crippen LogP contribution in [0.3, 0.4) is 0 Å². The van der Waals surface area contributed by atoms with Crippen molar-refractivity contribution in [3.63, 3.8) is 0 Å². The minimum absolute atomic E-state index is 0.172. The maximum Gasteiger partial charge on any atom is 0.427 e. The van der Waals surface area contributed by atoms with E-state index in [-0.39, 0.29) is 12.5 Å². The molecule has 3 aromatic heterocycles. The van der Waals surface area contributed by atoms with Gasteiger partial charge < -0.3 is 14.2 Å². The summed E-state index contributed by atoms with van der Waals surface area (Å²) in [5, 5.41) is 6.00. The number of methoxy groups -OCH3 is 1. The molecule has 0 saturated heterocycles. The fraction of sp³-hybridized carbons (Fsp3) is 0.481. The lowest BCUT2D eigenvalue weighted by molar-refractivity contribution is 0.0427. The van der Waals surface area contributed by atoms with Gasteiger partial charge in [-0.25, -0.2) is 19.3 Å². The van der Waals surface area contributed by atoms with E-state index in [2.05, 4.69) is 21.0 Å². The lowest BCUT2D eigenvalue weighted by Gasteiger charge is -2.27. The van der Waals surface area contributed by atoms with Crippen molar-refractivity contribution in [1.82, 2.24) is 24.7 Å². The molecule has 0 saturated carbocycles. The van der Waals surface area contributed by atoms with E-state index in [0.717, 1.165) is 27.5 Å². The average Bonchev–Trinajstić information content (AvgIpc) is 3.00. The van der Waals surface area contributed by atoms with Gasteiger partial charge in [0.2, 0.25) is 5.95 Å². The topological polar surface area (TPSA) is 122 Å². The number of thioether (sulfide) groups is 1. The van der Waals surface area contributed by atoms with Crippen molar-refractivity contribution in [2.75, 3.05) is 17.8 Å². The molecule has 1 aliphatic rings. The molecule has 0 unspecified atom stereocenters. The molecule has 0 spiro atoms. The van der Waals surface area contributed by atoms with E-state index in [0.29, 0.717) is 27.5 Å². The van der Waals surface area contributed by atoms with Gasteiger partial charge in [-0.2, -0.15) is 10.1 Å². The number of rotatable bonds is 4. The number of hydrogen-bond donors (Lipinski definition) is 0. The summed E-state index contributed by atoms with van der Waals surface area (Å²) in [6.45, 7) is 14.4. The zero-order chi connectivity index (χ0) is 28.7. The van der Waals surface area contributed by atoms with E-state index >= 15 is 0 Å². The number of hydrogen-bond acceptors (Lipinski definition) is 10. The molecule has 39 heavy (non-hydrogen) atoms. The van der Waals surface area contributed by atoms with Gasteiger partial charge in [-0.05, 0) is 67.5 Å². The molecule has 0 fully saturated rings. The summed E-state index contributed by atoms with van der Waals surface area (Å²) in [5.41, 5.74) is 1.86. The summed E-state index contributed by atoms with van der Waals surface area (Å²) in [4.78, 5) is 41.2. The van der Waals surface area contributed by atoms with Gasteiger partial charge in [0.25, 0.3) is 0 Å². The maximum absolute atomic E-state index is 13.3. The molecular weight excluding hydrogens is 520 g/mol. The Morgan fingerprint density at radius 1 is 1.08 bits per heavy atom. The average molecular weight is 554 g/mol. The van der Waals surface area contributed by atoms with Crippen LogP contribution in [0.2, 0.25) is 0 Å². The third kappa shape index (κ3) is 6.16. The smallest absolute Gasteiger partial charge is 0.427 e. The third-order valence-corrected chi connectivity index (χ3v) is 6.39. The molecule has 207 valence electrons. The van der Waals surface area contributed by atoms with Gasteiger partial charge in [-0.3, -0.25) is 4.98 Å². The molecule has 3 aromatic rings. The van der Waals surface area contributed by atoms with E-state index in [1.165, 1.54) is 11.8 Å². The van der Waals surface area contributed by atoms with Crippen LogP contribution < -0.4 is 9.64 Å². The van der Waals surface area contributed by atoms with E-state index in [1.54, 1.807) is 65.6 Å². The molecule has 11 nitrogen and oxygen atoms in total. The monoisotopic (exact) mass is 553 g/mol. The molecule has 0 aliphatic carbocycles. The summed E-state index contributed by atoms with van der Waals surface area (Å²) in [5.74, 6) is 1.09. The predicted octanol–water partition coefficient (Wildman–Crippen LogP) is 5.49. The molecule has 0 aromatic carbocycles. The number of ether oxygens (including phenoxy) is 3. The van der Waals surface area contributed by atoms with Gasteiger partial charge >= 0.3 is 12.2 Å². The van der Waals surface area contributed by atoms with Crippen molar-refractivity contribution in [3.8, 4) is 5.75 Å². The number of carbonyl (C=O) groups is 2. The number of imide groups is 1. The highest BCUT2D eigenvalue weighted by Gasteiger charge is 2.36. The zero-order valence-electron chi connectivity index (χ0n) is 23.7. The maximum atomic E-state index is 13.3. The lowest BCUT2D eigenvalue weighted by Crippen LogP contribution is -2.44. The van der Waals surface area contributed by atoms with Crippen LogP contribution in [0.15, 0.2) is 11.2 Å². The standard InChI is InChI=1S/C27H33N6O5S/c1-15-13-28-18(16(2)20(15)36-9)14-32-21-19-17(31-32)11-10-12-39-22(19)30-23(29-21)33(24(34)37-26(3,4)5)25(35)38-27(6,7)8/h11,13H,12,14H2,1-9H3. The van der Waals surface area contributed by atoms with E-state index in [4.69, 9.17) is 19.3 Å². The second kappa shape index (κ2) is 10.5. The quantitative estimate of drug-likeness (QED) is 0.383. The van der Waals surface area contributed by atoms with Crippen molar-refractivity contribution in [3.05, 3.63) is 34.8 Å². The molecule has 1 aliphatic heterocycles. The van der Waals surface area contributed by atoms with Crippen LogP contribution in [-0.2, 0) is 16.0 Å². The Morgan fingerprint density at radius 3 is 2.31 bits per heavy atom. The molecule has 0 bridgehead atoms. The second-order valence-electron chi connectivity index (χ2n) is 11.0. The Balaban J connectivity index is 1.89. The van der Waals surface area contributed by atoms with Crippen molar-refractivity contribution in [2.24, 2.45) is 0 Å². The largest absolute Gasteiger partial charge is 0.496 e. The Kier molecular flexibility index (Phi) is 7.61. The van der Waals surface area contributed by atoms with Crippen molar-refractivity contribution in [1.29, 1.82) is 0 Å². The van der Waals surface area contributed by atoms with Crippen LogP contribution in [0.4, 0.5) is 15.5 Å². The zero-order valence-corrected chi connectivity index (χ0v) is 24.5. The number of aromatic nitrogens is 5. The Hall–Kier alpha value is -3.67. The van der Waals surface area contributed by atoms with E-state index < -0.39 is 23.4 Å². The van der Waals surface area contributed by atoms with Crippen LogP contribution in [0, 0.1) is 19.9 Å². The first kappa shape index (κ1) is 28.3. The fourth-order valence-corrected chi connectivity index (χ4v) is 4.74. The van der Waals surface area contributed by atoms with Crippen molar-refractivity contribution < 1.29 is 23.8 Å². The Bertz CT molecular complexity index is 1440. The molecule has 0 N–H and O–H groups in total. The van der Waals surface area contributed by atoms with Crippen LogP contribution in [-0.4, -0.2) is 61.0 Å². The van der Waals surface area contributed by atoms with Gasteiger partial charge in [0, 0.05) is 23.1 Å². The number of nitrogens with zero attached hydrogens (tertiary/aromatic N) is 6. The SMILES string of the molecule is COc1c(C)cnc(Cn2nc3c4c(nc(N(C(=O)OC(C)(C)C)C(=O)OC(C)(C)C)nc42)SC[C]=C3)c1C. The molecule has 4 heterocycles. The minimum atomic E-state index is -0.946. The predicted molar refractivity (Wildman–Crippen MR) is 148 cm³/mol. The number of amides is 2. The fourth-order valence-electron chi connectivity index (χ4n) is 3.95. The number of carbonyl (C=O) groups excluding carboxylic acids is 2. The minimum Gasteiger partial charge on any atom is -0.496 e. The van der Waals surface area contributed by atoms with Crippen LogP contribution >= 0.6 is 11.8 Å². The summed E-state index contributed by atoms with van der Waals surface area (Å²) in [6.07, 6.45) is 4.84. The molecule has 2 amide bonds. The van der Waals surface area contributed by atoms with Crippen molar-refractivity contribution in [2.45, 2.75) is 78.2 Å². The summed E-state index contributed by atoms with van der Waals surface area (Å²) in [7, 11) is 1.62. The molecular formula is C27H33N6O5S. The van der Waals surface area contributed by atoms with Crippen LogP contribution in [0.25, 0.3) is 17.1 Å². The van der Waals surface area contributed by atoms with Crippen molar-refractivity contribution >= 4 is 47.0 Å². The van der Waals surface area contributed by atoms with Gasteiger partial charge in [0.05, 0.1) is 30.4 Å². The molecule has 4 rings (SSSR count). The number of anilines is 1. The highest BCUT2D eigenvalue weighted by molar-refractivity contribution is 7.99. The van der Waals surface area contributed by atoms with Gasteiger partial charge in [-0.1, -0.05) is 0 Å². The Morgan fingerprint density at radius 2 is 1.72 bits per heavy atom. The van der Waals surface area contributed by atoms with Crippen LogP contribution in [0.5, 0.6) is 5.75 Å². The first-order chi connectivity index (χ1) is 18.2. The number of aryl methyl sites for hydroxylation is 1. The van der Waals surface area contributed by atoms with E-state index in [9.17, 15) is 9.59 Å². The van der Waals surface area contributed by atoms with Gasteiger partial charge in [0.1, 0.15) is 22.0 Å². The molecule has 0 atom stereocenters. The third-order valence-electron chi connectivity index (χ3n) is 5.51. The number of pyridine rings is 1. The lowest BCUT2D eigenvalue weighted by atomic mass is 10.1. The van der Waals surface area contributed by atoms with Gasteiger partial charge in [0.15, 0.2) is 5.65 Å². The highest BCUT2D eigenvalue weighted by Crippen LogP contribution is 2.34. The van der Waals surface area contributed by atoms with Gasteiger partial charge in [-0.15, -0.1) is 16.7 Å².